The van der Waals surface area contributed by atoms with Crippen molar-refractivity contribution in [3.8, 4) is 0 Å². The predicted octanol–water partition coefficient (Wildman–Crippen LogP) is 1.42. The Kier molecular flexibility index (Phi) is 4.63. The van der Waals surface area contributed by atoms with Gasteiger partial charge in [0.15, 0.2) is 0 Å². The number of rotatable bonds is 5. The van der Waals surface area contributed by atoms with Crippen LogP contribution >= 0.6 is 11.8 Å². The van der Waals surface area contributed by atoms with Gasteiger partial charge in [0.05, 0.1) is 17.6 Å². The van der Waals surface area contributed by atoms with Crippen molar-refractivity contribution in [1.29, 1.82) is 0 Å². The minimum Gasteiger partial charge on any atom is -0.440 e. The minimum absolute atomic E-state index is 0.0332. The summed E-state index contributed by atoms with van der Waals surface area (Å²) in [6, 6.07) is -0.0628. The van der Waals surface area contributed by atoms with Gasteiger partial charge in [0, 0.05) is 6.04 Å². The zero-order valence-corrected chi connectivity index (χ0v) is 10.1. The summed E-state index contributed by atoms with van der Waals surface area (Å²) >= 11 is 1.39. The molecule has 0 aliphatic carbocycles. The van der Waals surface area contributed by atoms with Crippen LogP contribution in [0.2, 0.25) is 0 Å². The van der Waals surface area contributed by atoms with E-state index < -0.39 is 0 Å². The van der Waals surface area contributed by atoms with E-state index in [2.05, 4.69) is 4.98 Å². The van der Waals surface area contributed by atoms with Crippen LogP contribution in [0.15, 0.2) is 15.9 Å². The molecule has 0 aliphatic heterocycles. The number of oxazole rings is 1. The fourth-order valence-corrected chi connectivity index (χ4v) is 2.29. The van der Waals surface area contributed by atoms with Crippen molar-refractivity contribution in [1.82, 2.24) is 4.98 Å². The SMILES string of the molecule is Cc1coc(SC(CO)C(N)C(C)C)n1. The van der Waals surface area contributed by atoms with Crippen LogP contribution in [0.3, 0.4) is 0 Å². The summed E-state index contributed by atoms with van der Waals surface area (Å²) in [6.45, 7) is 5.97. The molecule has 0 aliphatic rings. The van der Waals surface area contributed by atoms with E-state index in [4.69, 9.17) is 10.2 Å². The van der Waals surface area contributed by atoms with E-state index in [0.717, 1.165) is 5.69 Å². The van der Waals surface area contributed by atoms with Gasteiger partial charge in [-0.1, -0.05) is 25.6 Å². The van der Waals surface area contributed by atoms with E-state index in [-0.39, 0.29) is 17.9 Å². The quantitative estimate of drug-likeness (QED) is 0.748. The van der Waals surface area contributed by atoms with Crippen LogP contribution in [-0.4, -0.2) is 28.0 Å². The maximum Gasteiger partial charge on any atom is 0.256 e. The molecule has 0 saturated heterocycles. The Hall–Kier alpha value is -0.520. The van der Waals surface area contributed by atoms with Crippen molar-refractivity contribution in [2.75, 3.05) is 6.61 Å². The molecule has 86 valence electrons. The van der Waals surface area contributed by atoms with Gasteiger partial charge in [0.25, 0.3) is 5.22 Å². The van der Waals surface area contributed by atoms with E-state index in [0.29, 0.717) is 11.1 Å². The Balaban J connectivity index is 2.61. The zero-order valence-electron chi connectivity index (χ0n) is 9.30. The lowest BCUT2D eigenvalue weighted by Crippen LogP contribution is -2.39. The summed E-state index contributed by atoms with van der Waals surface area (Å²) in [5.41, 5.74) is 6.82. The molecule has 2 unspecified atom stereocenters. The van der Waals surface area contributed by atoms with Crippen molar-refractivity contribution in [3.05, 3.63) is 12.0 Å². The van der Waals surface area contributed by atoms with Gasteiger partial charge < -0.3 is 15.3 Å². The fourth-order valence-electron chi connectivity index (χ4n) is 1.18. The molecule has 1 aromatic rings. The molecular formula is C10H18N2O2S. The Morgan fingerprint density at radius 2 is 2.27 bits per heavy atom. The Bertz CT molecular complexity index is 301. The summed E-state index contributed by atoms with van der Waals surface area (Å²) in [6.07, 6.45) is 1.59. The van der Waals surface area contributed by atoms with Crippen LogP contribution in [0.25, 0.3) is 0 Å². The first-order valence-electron chi connectivity index (χ1n) is 4.99. The molecule has 3 N–H and O–H groups in total. The standard InChI is InChI=1S/C10H18N2O2S/c1-6(2)9(11)8(4-13)15-10-12-7(3)5-14-10/h5-6,8-9,13H,4,11H2,1-3H3. The average Bonchev–Trinajstić information content (AvgIpc) is 2.59. The van der Waals surface area contributed by atoms with Gasteiger partial charge in [0.1, 0.15) is 6.26 Å². The summed E-state index contributed by atoms with van der Waals surface area (Å²) in [4.78, 5) is 4.17. The highest BCUT2D eigenvalue weighted by Gasteiger charge is 2.23. The van der Waals surface area contributed by atoms with Crippen LogP contribution in [-0.2, 0) is 0 Å². The molecule has 5 heteroatoms. The predicted molar refractivity (Wildman–Crippen MR) is 60.8 cm³/mol. The Labute approximate surface area is 94.3 Å². The van der Waals surface area contributed by atoms with E-state index in [1.165, 1.54) is 11.8 Å². The van der Waals surface area contributed by atoms with Gasteiger partial charge in [-0.05, 0) is 12.8 Å². The number of hydrogen-bond acceptors (Lipinski definition) is 5. The van der Waals surface area contributed by atoms with Gasteiger partial charge in [-0.3, -0.25) is 0 Å². The molecule has 1 rings (SSSR count). The topological polar surface area (TPSA) is 72.3 Å². The highest BCUT2D eigenvalue weighted by Crippen LogP contribution is 2.26. The lowest BCUT2D eigenvalue weighted by atomic mass is 10.0. The second-order valence-electron chi connectivity index (χ2n) is 3.92. The highest BCUT2D eigenvalue weighted by molar-refractivity contribution is 7.99. The number of thioether (sulfide) groups is 1. The number of aromatic nitrogens is 1. The lowest BCUT2D eigenvalue weighted by Gasteiger charge is -2.23. The van der Waals surface area contributed by atoms with E-state index in [1.54, 1.807) is 6.26 Å². The maximum absolute atomic E-state index is 9.24. The highest BCUT2D eigenvalue weighted by atomic mass is 32.2. The minimum atomic E-state index is -0.0666. The normalized spacial score (nSPS) is 15.6. The molecule has 0 amide bonds. The zero-order chi connectivity index (χ0) is 11.4. The first kappa shape index (κ1) is 12.5. The number of aryl methyl sites for hydroxylation is 1. The molecule has 0 radical (unpaired) electrons. The molecule has 4 nitrogen and oxygen atoms in total. The van der Waals surface area contributed by atoms with Gasteiger partial charge >= 0.3 is 0 Å². The average molecular weight is 230 g/mol. The molecule has 0 fully saturated rings. The third kappa shape index (κ3) is 3.52. The van der Waals surface area contributed by atoms with E-state index in [1.807, 2.05) is 20.8 Å². The van der Waals surface area contributed by atoms with Crippen LogP contribution in [0.5, 0.6) is 0 Å². The molecule has 15 heavy (non-hydrogen) atoms. The van der Waals surface area contributed by atoms with E-state index in [9.17, 15) is 5.11 Å². The van der Waals surface area contributed by atoms with Crippen molar-refractivity contribution >= 4 is 11.8 Å². The van der Waals surface area contributed by atoms with Gasteiger partial charge in [-0.2, -0.15) is 0 Å². The molecule has 1 heterocycles. The molecule has 0 saturated carbocycles. The maximum atomic E-state index is 9.24. The van der Waals surface area contributed by atoms with Crippen molar-refractivity contribution in [3.63, 3.8) is 0 Å². The van der Waals surface area contributed by atoms with Crippen LogP contribution in [0.1, 0.15) is 19.5 Å². The first-order chi connectivity index (χ1) is 7.04. The monoisotopic (exact) mass is 230 g/mol. The molecule has 1 aromatic heterocycles. The number of nitrogens with two attached hydrogens (primary N) is 1. The first-order valence-corrected chi connectivity index (χ1v) is 5.87. The van der Waals surface area contributed by atoms with Crippen molar-refractivity contribution in [2.24, 2.45) is 11.7 Å². The third-order valence-corrected chi connectivity index (χ3v) is 3.38. The molecular weight excluding hydrogens is 212 g/mol. The summed E-state index contributed by atoms with van der Waals surface area (Å²) in [5, 5.41) is 9.75. The largest absolute Gasteiger partial charge is 0.440 e. The summed E-state index contributed by atoms with van der Waals surface area (Å²) in [7, 11) is 0. The van der Waals surface area contributed by atoms with Gasteiger partial charge in [-0.15, -0.1) is 0 Å². The van der Waals surface area contributed by atoms with Crippen molar-refractivity contribution in [2.45, 2.75) is 37.3 Å². The molecule has 0 bridgehead atoms. The second-order valence-corrected chi connectivity index (χ2v) is 5.11. The van der Waals surface area contributed by atoms with Crippen molar-refractivity contribution < 1.29 is 9.52 Å². The number of hydrogen-bond donors (Lipinski definition) is 2. The van der Waals surface area contributed by atoms with Gasteiger partial charge in [0.2, 0.25) is 0 Å². The third-order valence-electron chi connectivity index (χ3n) is 2.23. The Morgan fingerprint density at radius 3 is 2.67 bits per heavy atom. The molecule has 0 spiro atoms. The number of aliphatic hydroxyl groups excluding tert-OH is 1. The van der Waals surface area contributed by atoms with E-state index >= 15 is 0 Å². The lowest BCUT2D eigenvalue weighted by molar-refractivity contribution is 0.268. The van der Waals surface area contributed by atoms with Crippen LogP contribution in [0, 0.1) is 12.8 Å². The fraction of sp³-hybridized carbons (Fsp3) is 0.700. The Morgan fingerprint density at radius 1 is 1.60 bits per heavy atom. The van der Waals surface area contributed by atoms with Crippen LogP contribution < -0.4 is 5.73 Å². The van der Waals surface area contributed by atoms with Gasteiger partial charge in [-0.25, -0.2) is 4.98 Å². The summed E-state index contributed by atoms with van der Waals surface area (Å²) < 4.78 is 5.21. The summed E-state index contributed by atoms with van der Waals surface area (Å²) in [5.74, 6) is 0.325. The second kappa shape index (κ2) is 5.53. The molecule has 2 atom stereocenters. The smallest absolute Gasteiger partial charge is 0.256 e. The number of nitrogens with zero attached hydrogens (tertiary/aromatic N) is 1. The number of aliphatic hydroxyl groups is 1. The molecule has 0 aromatic carbocycles. The van der Waals surface area contributed by atoms with Crippen LogP contribution in [0.4, 0.5) is 0 Å².